The van der Waals surface area contributed by atoms with Crippen LogP contribution >= 0.6 is 0 Å². The van der Waals surface area contributed by atoms with E-state index in [-0.39, 0.29) is 17.3 Å². The number of aryl methyl sites for hydroxylation is 1. The van der Waals surface area contributed by atoms with Gasteiger partial charge in [-0.2, -0.15) is 0 Å². The number of hydrogen-bond donors (Lipinski definition) is 0. The summed E-state index contributed by atoms with van der Waals surface area (Å²) in [6.07, 6.45) is 1.59. The summed E-state index contributed by atoms with van der Waals surface area (Å²) in [5.41, 5.74) is 1.56. The van der Waals surface area contributed by atoms with Crippen molar-refractivity contribution in [1.29, 1.82) is 0 Å². The molecule has 0 amide bonds. The van der Waals surface area contributed by atoms with E-state index < -0.39 is 0 Å². The van der Waals surface area contributed by atoms with Crippen LogP contribution < -0.4 is 0 Å². The predicted octanol–water partition coefficient (Wildman–Crippen LogP) is 1.80. The Kier molecular flexibility index (Phi) is 2.56. The summed E-state index contributed by atoms with van der Waals surface area (Å²) in [4.78, 5) is 26.1. The third-order valence-electron chi connectivity index (χ3n) is 1.74. The highest BCUT2D eigenvalue weighted by Crippen LogP contribution is 2.09. The van der Waals surface area contributed by atoms with E-state index in [2.05, 4.69) is 4.98 Å². The van der Waals surface area contributed by atoms with Gasteiger partial charge in [0.2, 0.25) is 0 Å². The second kappa shape index (κ2) is 3.47. The Hall–Kier alpha value is -1.51. The molecule has 0 spiro atoms. The zero-order chi connectivity index (χ0) is 10.0. The first-order chi connectivity index (χ1) is 6.02. The fourth-order valence-electron chi connectivity index (χ4n) is 1.12. The summed E-state index contributed by atoms with van der Waals surface area (Å²) in [6.45, 7) is 4.68. The van der Waals surface area contributed by atoms with Crippen molar-refractivity contribution in [3.63, 3.8) is 0 Å². The Balaban J connectivity index is 3.35. The van der Waals surface area contributed by atoms with Gasteiger partial charge >= 0.3 is 0 Å². The van der Waals surface area contributed by atoms with Crippen molar-refractivity contribution in [3.05, 3.63) is 29.1 Å². The van der Waals surface area contributed by atoms with Crippen molar-refractivity contribution >= 4 is 11.6 Å². The molecule has 1 heterocycles. The molecule has 0 radical (unpaired) electrons. The third-order valence-corrected chi connectivity index (χ3v) is 1.74. The van der Waals surface area contributed by atoms with E-state index in [9.17, 15) is 9.59 Å². The number of rotatable bonds is 2. The van der Waals surface area contributed by atoms with Gasteiger partial charge in [0.1, 0.15) is 5.69 Å². The number of carbonyl (C=O) groups is 2. The van der Waals surface area contributed by atoms with E-state index in [0.29, 0.717) is 5.56 Å². The van der Waals surface area contributed by atoms with Crippen molar-refractivity contribution in [2.45, 2.75) is 20.8 Å². The summed E-state index contributed by atoms with van der Waals surface area (Å²) >= 11 is 0. The average molecular weight is 177 g/mol. The third kappa shape index (κ3) is 1.99. The van der Waals surface area contributed by atoms with E-state index >= 15 is 0 Å². The molecule has 1 aromatic rings. The maximum Gasteiger partial charge on any atom is 0.178 e. The summed E-state index contributed by atoms with van der Waals surface area (Å²) in [5, 5.41) is 0. The molecule has 13 heavy (non-hydrogen) atoms. The topological polar surface area (TPSA) is 47.0 Å². The Bertz CT molecular complexity index is 369. The summed E-state index contributed by atoms with van der Waals surface area (Å²) in [7, 11) is 0. The molecular weight excluding hydrogens is 166 g/mol. The zero-order valence-corrected chi connectivity index (χ0v) is 7.92. The number of nitrogens with zero attached hydrogens (tertiary/aromatic N) is 1. The zero-order valence-electron chi connectivity index (χ0n) is 7.92. The lowest BCUT2D eigenvalue weighted by atomic mass is 10.1. The number of hydrogen-bond acceptors (Lipinski definition) is 3. The smallest absolute Gasteiger partial charge is 0.178 e. The molecule has 0 saturated carbocycles. The van der Waals surface area contributed by atoms with E-state index in [1.54, 1.807) is 12.3 Å². The fourth-order valence-corrected chi connectivity index (χ4v) is 1.12. The van der Waals surface area contributed by atoms with E-state index in [1.807, 2.05) is 6.92 Å². The Morgan fingerprint density at radius 3 is 2.31 bits per heavy atom. The fraction of sp³-hybridized carbons (Fsp3) is 0.300. The Labute approximate surface area is 76.8 Å². The molecular formula is C10H11NO2. The van der Waals surface area contributed by atoms with E-state index in [0.717, 1.165) is 5.56 Å². The number of ketones is 2. The number of Topliss-reactive ketones (excluding diaryl/α,β-unsaturated/α-hetero) is 2. The SMILES string of the molecule is CC(=O)c1cc(C)cnc1C(C)=O. The van der Waals surface area contributed by atoms with Gasteiger partial charge in [0.15, 0.2) is 11.6 Å². The van der Waals surface area contributed by atoms with Crippen LogP contribution in [-0.4, -0.2) is 16.6 Å². The largest absolute Gasteiger partial charge is 0.294 e. The van der Waals surface area contributed by atoms with Crippen LogP contribution in [0.25, 0.3) is 0 Å². The first-order valence-corrected chi connectivity index (χ1v) is 4.01. The van der Waals surface area contributed by atoms with Crippen molar-refractivity contribution in [3.8, 4) is 0 Å². The minimum atomic E-state index is -0.176. The molecule has 0 aliphatic carbocycles. The highest BCUT2D eigenvalue weighted by molar-refractivity contribution is 6.05. The van der Waals surface area contributed by atoms with Gasteiger partial charge in [-0.1, -0.05) is 0 Å². The highest BCUT2D eigenvalue weighted by Gasteiger charge is 2.12. The first kappa shape index (κ1) is 9.58. The standard InChI is InChI=1S/C10H11NO2/c1-6-4-9(7(2)12)10(8(3)13)11-5-6/h4-5H,1-3H3. The van der Waals surface area contributed by atoms with Crippen LogP contribution in [0.15, 0.2) is 12.3 Å². The Morgan fingerprint density at radius 2 is 1.85 bits per heavy atom. The lowest BCUT2D eigenvalue weighted by Crippen LogP contribution is -2.07. The molecule has 0 fully saturated rings. The van der Waals surface area contributed by atoms with Gasteiger partial charge < -0.3 is 0 Å². The maximum atomic E-state index is 11.1. The summed E-state index contributed by atoms with van der Waals surface area (Å²) < 4.78 is 0. The van der Waals surface area contributed by atoms with Crippen LogP contribution in [0.3, 0.4) is 0 Å². The molecule has 0 aromatic carbocycles. The van der Waals surface area contributed by atoms with Gasteiger partial charge in [-0.3, -0.25) is 14.6 Å². The van der Waals surface area contributed by atoms with Crippen molar-refractivity contribution in [2.75, 3.05) is 0 Å². The number of carbonyl (C=O) groups excluding carboxylic acids is 2. The minimum Gasteiger partial charge on any atom is -0.294 e. The molecule has 0 aliphatic heterocycles. The van der Waals surface area contributed by atoms with Crippen LogP contribution in [0, 0.1) is 6.92 Å². The van der Waals surface area contributed by atoms with Gasteiger partial charge in [0.05, 0.1) is 0 Å². The lowest BCUT2D eigenvalue weighted by Gasteiger charge is -2.02. The molecule has 0 unspecified atom stereocenters. The number of pyridine rings is 1. The van der Waals surface area contributed by atoms with Gasteiger partial charge in [0, 0.05) is 18.7 Å². The second-order valence-corrected chi connectivity index (χ2v) is 3.02. The van der Waals surface area contributed by atoms with Crippen LogP contribution in [0.1, 0.15) is 40.3 Å². The van der Waals surface area contributed by atoms with Crippen molar-refractivity contribution in [1.82, 2.24) is 4.98 Å². The highest BCUT2D eigenvalue weighted by atomic mass is 16.1. The normalized spacial score (nSPS) is 9.77. The van der Waals surface area contributed by atoms with E-state index in [1.165, 1.54) is 13.8 Å². The Morgan fingerprint density at radius 1 is 1.23 bits per heavy atom. The number of aromatic nitrogens is 1. The molecule has 0 saturated heterocycles. The van der Waals surface area contributed by atoms with Crippen LogP contribution in [0.4, 0.5) is 0 Å². The monoisotopic (exact) mass is 177 g/mol. The maximum absolute atomic E-state index is 11.1. The summed E-state index contributed by atoms with van der Waals surface area (Å²) in [5.74, 6) is -0.299. The minimum absolute atomic E-state index is 0.124. The molecule has 0 aliphatic rings. The van der Waals surface area contributed by atoms with Crippen molar-refractivity contribution in [2.24, 2.45) is 0 Å². The molecule has 0 bridgehead atoms. The molecule has 0 N–H and O–H groups in total. The molecule has 1 rings (SSSR count). The quantitative estimate of drug-likeness (QED) is 0.647. The molecule has 1 aromatic heterocycles. The van der Waals surface area contributed by atoms with Gasteiger partial charge in [-0.15, -0.1) is 0 Å². The summed E-state index contributed by atoms with van der Waals surface area (Å²) in [6, 6.07) is 1.69. The molecule has 68 valence electrons. The van der Waals surface area contributed by atoms with Crippen LogP contribution in [0.5, 0.6) is 0 Å². The average Bonchev–Trinajstić information content (AvgIpc) is 2.03. The molecule has 0 atom stereocenters. The van der Waals surface area contributed by atoms with E-state index in [4.69, 9.17) is 0 Å². The van der Waals surface area contributed by atoms with Gasteiger partial charge in [0.25, 0.3) is 0 Å². The van der Waals surface area contributed by atoms with Gasteiger partial charge in [-0.25, -0.2) is 0 Å². The first-order valence-electron chi connectivity index (χ1n) is 4.01. The van der Waals surface area contributed by atoms with Crippen LogP contribution in [-0.2, 0) is 0 Å². The van der Waals surface area contributed by atoms with Gasteiger partial charge in [-0.05, 0) is 25.5 Å². The predicted molar refractivity (Wildman–Crippen MR) is 49.0 cm³/mol. The second-order valence-electron chi connectivity index (χ2n) is 3.02. The molecule has 3 nitrogen and oxygen atoms in total. The molecule has 3 heteroatoms. The lowest BCUT2D eigenvalue weighted by molar-refractivity contribution is 0.0977. The van der Waals surface area contributed by atoms with Crippen LogP contribution in [0.2, 0.25) is 0 Å². The van der Waals surface area contributed by atoms with Crippen molar-refractivity contribution < 1.29 is 9.59 Å².